The van der Waals surface area contributed by atoms with E-state index in [2.05, 4.69) is 30.9 Å². The normalized spacial score (nSPS) is 14.3. The number of rotatable bonds is 15. The van der Waals surface area contributed by atoms with Crippen LogP contribution >= 0.6 is 0 Å². The molecule has 0 spiro atoms. The molecule has 35 heavy (non-hydrogen) atoms. The number of carboxylic acid groups (broad SMARTS) is 1. The molecular weight excluding hydrogens is 462 g/mol. The Morgan fingerprint density at radius 1 is 1.09 bits per heavy atom. The fraction of sp³-hybridized carbons (Fsp3) is 0.600. The van der Waals surface area contributed by atoms with E-state index in [1.54, 1.807) is 13.8 Å². The lowest BCUT2D eigenvalue weighted by Gasteiger charge is -2.26. The zero-order valence-electron chi connectivity index (χ0n) is 19.7. The highest BCUT2D eigenvalue weighted by atomic mass is 16.4. The van der Waals surface area contributed by atoms with Gasteiger partial charge in [-0.1, -0.05) is 13.8 Å². The second-order valence-electron chi connectivity index (χ2n) is 8.21. The van der Waals surface area contributed by atoms with E-state index >= 15 is 0 Å². The van der Waals surface area contributed by atoms with Gasteiger partial charge in [0, 0.05) is 24.9 Å². The van der Waals surface area contributed by atoms with Crippen LogP contribution in [0.5, 0.6) is 0 Å². The Morgan fingerprint density at radius 3 is 2.26 bits per heavy atom. The number of imidazole rings is 1. The molecule has 0 bridgehead atoms. The summed E-state index contributed by atoms with van der Waals surface area (Å²) in [6.07, 6.45) is 3.50. The molecule has 0 radical (unpaired) electrons. The Balaban J connectivity index is 2.89. The minimum atomic E-state index is -1.55. The average molecular weight is 498 g/mol. The molecule has 15 heteroatoms. The number of amides is 3. The van der Waals surface area contributed by atoms with E-state index in [9.17, 15) is 24.3 Å². The van der Waals surface area contributed by atoms with Crippen molar-refractivity contribution >= 4 is 29.7 Å². The first-order valence-electron chi connectivity index (χ1n) is 11.0. The maximum atomic E-state index is 13.0. The number of aromatic amines is 1. The minimum absolute atomic E-state index is 0.0432. The molecule has 12 N–H and O–H groups in total. The SMILES string of the molecule is CC(C)C(NC(=O)C(N)CCCN=C(N)N)C(=O)NC(Cc1cnc[nH]1)C(=O)NC(CO)C(=O)O. The van der Waals surface area contributed by atoms with Crippen LogP contribution < -0.4 is 33.2 Å². The topological polar surface area (TPSA) is 264 Å². The molecule has 0 aliphatic heterocycles. The summed E-state index contributed by atoms with van der Waals surface area (Å²) in [6, 6.07) is -4.72. The molecule has 1 aromatic heterocycles. The average Bonchev–Trinajstić information content (AvgIpc) is 3.30. The number of carbonyl (C=O) groups is 4. The smallest absolute Gasteiger partial charge is 0.328 e. The number of aromatic nitrogens is 2. The summed E-state index contributed by atoms with van der Waals surface area (Å²) in [6.45, 7) is 2.86. The number of nitrogens with zero attached hydrogens (tertiary/aromatic N) is 2. The van der Waals surface area contributed by atoms with Gasteiger partial charge in [0.05, 0.1) is 19.0 Å². The van der Waals surface area contributed by atoms with Crippen molar-refractivity contribution in [2.75, 3.05) is 13.2 Å². The van der Waals surface area contributed by atoms with Gasteiger partial charge in [0.1, 0.15) is 18.1 Å². The Hall–Kier alpha value is -3.72. The van der Waals surface area contributed by atoms with Crippen LogP contribution in [-0.4, -0.2) is 87.2 Å². The van der Waals surface area contributed by atoms with Crippen molar-refractivity contribution in [2.45, 2.75) is 57.3 Å². The largest absolute Gasteiger partial charge is 0.480 e. The van der Waals surface area contributed by atoms with Crippen LogP contribution in [0.15, 0.2) is 17.5 Å². The third-order valence-electron chi connectivity index (χ3n) is 4.96. The molecule has 0 aliphatic rings. The summed E-state index contributed by atoms with van der Waals surface area (Å²) in [5, 5.41) is 25.6. The molecule has 1 heterocycles. The first-order chi connectivity index (χ1) is 16.5. The third kappa shape index (κ3) is 10.4. The van der Waals surface area contributed by atoms with Crippen molar-refractivity contribution in [1.29, 1.82) is 0 Å². The van der Waals surface area contributed by atoms with Crippen LogP contribution in [0.4, 0.5) is 0 Å². The molecule has 1 rings (SSSR count). The highest BCUT2D eigenvalue weighted by molar-refractivity contribution is 5.94. The fourth-order valence-electron chi connectivity index (χ4n) is 2.99. The van der Waals surface area contributed by atoms with E-state index in [0.29, 0.717) is 18.7 Å². The number of guanidine groups is 1. The zero-order valence-corrected chi connectivity index (χ0v) is 19.7. The summed E-state index contributed by atoms with van der Waals surface area (Å²) in [5.41, 5.74) is 16.9. The first-order valence-corrected chi connectivity index (χ1v) is 11.0. The van der Waals surface area contributed by atoms with Crippen molar-refractivity contribution in [3.8, 4) is 0 Å². The number of H-pyrrole nitrogens is 1. The molecule has 196 valence electrons. The van der Waals surface area contributed by atoms with Crippen molar-refractivity contribution in [1.82, 2.24) is 25.9 Å². The number of hydrogen-bond donors (Lipinski definition) is 9. The molecule has 4 unspecified atom stereocenters. The van der Waals surface area contributed by atoms with Gasteiger partial charge < -0.3 is 48.3 Å². The van der Waals surface area contributed by atoms with Crippen LogP contribution in [-0.2, 0) is 25.6 Å². The summed E-state index contributed by atoms with van der Waals surface area (Å²) >= 11 is 0. The first kappa shape index (κ1) is 29.3. The molecule has 1 aromatic rings. The molecule has 0 saturated heterocycles. The van der Waals surface area contributed by atoms with Crippen molar-refractivity contribution in [3.63, 3.8) is 0 Å². The predicted octanol–water partition coefficient (Wildman–Crippen LogP) is -3.48. The minimum Gasteiger partial charge on any atom is -0.480 e. The lowest BCUT2D eigenvalue weighted by Crippen LogP contribution is -2.59. The van der Waals surface area contributed by atoms with E-state index < -0.39 is 54.5 Å². The number of hydrogen-bond acceptors (Lipinski definition) is 8. The zero-order chi connectivity index (χ0) is 26.5. The van der Waals surface area contributed by atoms with Gasteiger partial charge in [-0.15, -0.1) is 0 Å². The van der Waals surface area contributed by atoms with E-state index in [1.807, 2.05) is 0 Å². The van der Waals surface area contributed by atoms with Gasteiger partial charge >= 0.3 is 5.97 Å². The van der Waals surface area contributed by atoms with Crippen LogP contribution in [0.2, 0.25) is 0 Å². The Morgan fingerprint density at radius 2 is 1.74 bits per heavy atom. The number of nitrogens with two attached hydrogens (primary N) is 3. The second kappa shape index (κ2) is 14.5. The van der Waals surface area contributed by atoms with Gasteiger partial charge in [0.25, 0.3) is 0 Å². The van der Waals surface area contributed by atoms with E-state index in [-0.39, 0.29) is 24.7 Å². The summed E-state index contributed by atoms with van der Waals surface area (Å²) in [7, 11) is 0. The molecule has 0 aromatic carbocycles. The molecule has 0 aliphatic carbocycles. The lowest BCUT2D eigenvalue weighted by molar-refractivity contribution is -0.143. The van der Waals surface area contributed by atoms with E-state index in [1.165, 1.54) is 12.5 Å². The third-order valence-corrected chi connectivity index (χ3v) is 4.96. The highest BCUT2D eigenvalue weighted by Gasteiger charge is 2.31. The summed E-state index contributed by atoms with van der Waals surface area (Å²) < 4.78 is 0. The monoisotopic (exact) mass is 497 g/mol. The second-order valence-corrected chi connectivity index (χ2v) is 8.21. The van der Waals surface area contributed by atoms with Gasteiger partial charge in [-0.3, -0.25) is 19.4 Å². The Labute approximate surface area is 202 Å². The van der Waals surface area contributed by atoms with Crippen molar-refractivity contribution < 1.29 is 29.4 Å². The lowest BCUT2D eigenvalue weighted by atomic mass is 10.0. The number of aliphatic imine (C=N–C) groups is 1. The number of aliphatic hydroxyl groups excluding tert-OH is 1. The van der Waals surface area contributed by atoms with Crippen molar-refractivity contribution in [2.24, 2.45) is 28.1 Å². The van der Waals surface area contributed by atoms with Crippen molar-refractivity contribution in [3.05, 3.63) is 18.2 Å². The van der Waals surface area contributed by atoms with E-state index in [4.69, 9.17) is 22.3 Å². The number of nitrogens with one attached hydrogen (secondary N) is 4. The number of carbonyl (C=O) groups excluding carboxylic acids is 3. The molecule has 4 atom stereocenters. The summed E-state index contributed by atoms with van der Waals surface area (Å²) in [4.78, 5) is 59.9. The quantitative estimate of drug-likeness (QED) is 0.0656. The van der Waals surface area contributed by atoms with Gasteiger partial charge in [-0.2, -0.15) is 0 Å². The van der Waals surface area contributed by atoms with Gasteiger partial charge in [-0.25, -0.2) is 9.78 Å². The Bertz CT molecular complexity index is 870. The van der Waals surface area contributed by atoms with Crippen LogP contribution in [0, 0.1) is 5.92 Å². The van der Waals surface area contributed by atoms with Gasteiger partial charge in [0.15, 0.2) is 5.96 Å². The number of aliphatic hydroxyl groups is 1. The highest BCUT2D eigenvalue weighted by Crippen LogP contribution is 2.07. The van der Waals surface area contributed by atoms with Crippen LogP contribution in [0.3, 0.4) is 0 Å². The van der Waals surface area contributed by atoms with Gasteiger partial charge in [0.2, 0.25) is 17.7 Å². The van der Waals surface area contributed by atoms with Crippen LogP contribution in [0.1, 0.15) is 32.4 Å². The summed E-state index contributed by atoms with van der Waals surface area (Å²) in [5.74, 6) is -3.94. The standard InChI is InChI=1S/C20H35N9O6/c1-10(2)15(29-16(31)12(21)4-3-5-25-20(22)23)18(33)27-13(6-11-7-24-9-26-11)17(32)28-14(8-30)19(34)35/h7,9-10,12-15,30H,3-6,8,21H2,1-2H3,(H,24,26)(H,27,33)(H,28,32)(H,29,31)(H,34,35)(H4,22,23,25). The maximum Gasteiger partial charge on any atom is 0.328 e. The van der Waals surface area contributed by atoms with Gasteiger partial charge in [-0.05, 0) is 18.8 Å². The Kier molecular flexibility index (Phi) is 12.2. The number of aliphatic carboxylic acids is 1. The maximum absolute atomic E-state index is 13.0. The molecular formula is C20H35N9O6. The molecule has 0 fully saturated rings. The number of carboxylic acids is 1. The molecule has 15 nitrogen and oxygen atoms in total. The van der Waals surface area contributed by atoms with Crippen LogP contribution in [0.25, 0.3) is 0 Å². The molecule has 3 amide bonds. The fourth-order valence-corrected chi connectivity index (χ4v) is 2.99. The predicted molar refractivity (Wildman–Crippen MR) is 126 cm³/mol. The molecule has 0 saturated carbocycles. The van der Waals surface area contributed by atoms with E-state index in [0.717, 1.165) is 0 Å².